The molecular weight excluding hydrogens is 458 g/mol. The van der Waals surface area contributed by atoms with Crippen LogP contribution < -0.4 is 20.7 Å². The summed E-state index contributed by atoms with van der Waals surface area (Å²) in [7, 11) is 0. The molecule has 1 aliphatic heterocycles. The lowest BCUT2D eigenvalue weighted by molar-refractivity contribution is -0.0439. The number of hydrogen-bond acceptors (Lipinski definition) is 8. The molecule has 2 aromatic heterocycles. The molecule has 10 nitrogen and oxygen atoms in total. The maximum atomic E-state index is 13.1. The average Bonchev–Trinajstić information content (AvgIpc) is 3.63. The molecule has 2 atom stereocenters. The van der Waals surface area contributed by atoms with Gasteiger partial charge in [-0.15, -0.1) is 0 Å². The first-order valence-electron chi connectivity index (χ1n) is 12.7. The lowest BCUT2D eigenvalue weighted by Crippen LogP contribution is -2.68. The molecule has 1 saturated heterocycles. The zero-order valence-corrected chi connectivity index (χ0v) is 20.0. The second-order valence-corrected chi connectivity index (χ2v) is 10.7. The predicted octanol–water partition coefficient (Wildman–Crippen LogP) is 2.18. The number of pyridine rings is 1. The fourth-order valence-electron chi connectivity index (χ4n) is 5.68. The van der Waals surface area contributed by atoms with E-state index in [4.69, 9.17) is 15.7 Å². The fraction of sp³-hybridized carbons (Fsp3) is 0.538. The van der Waals surface area contributed by atoms with Gasteiger partial charge in [0.1, 0.15) is 17.2 Å². The summed E-state index contributed by atoms with van der Waals surface area (Å²) in [6, 6.07) is 9.56. The number of nitrogens with one attached hydrogen (secondary N) is 1. The molecule has 2 amide bonds. The van der Waals surface area contributed by atoms with Crippen LogP contribution in [0, 0.1) is 29.1 Å². The van der Waals surface area contributed by atoms with Crippen LogP contribution in [-0.2, 0) is 0 Å². The molecule has 0 aromatic carbocycles. The van der Waals surface area contributed by atoms with Gasteiger partial charge < -0.3 is 20.7 Å². The van der Waals surface area contributed by atoms with Crippen molar-refractivity contribution in [1.82, 2.24) is 20.3 Å². The zero-order valence-electron chi connectivity index (χ0n) is 20.0. The Balaban J connectivity index is 1.17. The third-order valence-electron chi connectivity index (χ3n) is 8.12. The standard InChI is InChI=1S/C26H29N7O3/c27-13-17-8-18(17)14-36-25-30-21(24(35)32-26-10-15(11-26)12-26)9-22(31-25)33-6-4-16(5-7-33)19-2-1-3-20(29-19)23(28)34/h1-3,9,15-18H,4-8,10-12,14H2,(H2,28,34)(H,32,35)/t15?,17-,18+,26?/m0/s1. The Morgan fingerprint density at radius 2 is 1.94 bits per heavy atom. The van der Waals surface area contributed by atoms with E-state index in [2.05, 4.69) is 31.2 Å². The van der Waals surface area contributed by atoms with Gasteiger partial charge in [0.15, 0.2) is 0 Å². The molecule has 5 fully saturated rings. The Hall–Kier alpha value is -3.74. The molecule has 2 aromatic rings. The first kappa shape index (κ1) is 22.7. The highest BCUT2D eigenvalue weighted by Gasteiger charge is 2.57. The molecule has 0 radical (unpaired) electrons. The number of ether oxygens (including phenoxy) is 1. The normalized spacial score (nSPS) is 28.3. The van der Waals surface area contributed by atoms with Crippen molar-refractivity contribution in [3.8, 4) is 12.1 Å². The Kier molecular flexibility index (Phi) is 5.51. The summed E-state index contributed by atoms with van der Waals surface area (Å²) in [5.41, 5.74) is 6.80. The Morgan fingerprint density at radius 1 is 1.17 bits per heavy atom. The zero-order chi connectivity index (χ0) is 24.9. The molecule has 4 aliphatic carbocycles. The van der Waals surface area contributed by atoms with Crippen molar-refractivity contribution in [2.75, 3.05) is 24.6 Å². The van der Waals surface area contributed by atoms with Crippen molar-refractivity contribution < 1.29 is 14.3 Å². The van der Waals surface area contributed by atoms with Crippen molar-refractivity contribution in [2.45, 2.75) is 50.0 Å². The van der Waals surface area contributed by atoms with E-state index in [1.165, 1.54) is 0 Å². The molecule has 3 heterocycles. The van der Waals surface area contributed by atoms with Crippen LogP contribution in [0.25, 0.3) is 0 Å². The summed E-state index contributed by atoms with van der Waals surface area (Å²) in [5, 5.41) is 12.2. The molecule has 186 valence electrons. The first-order valence-corrected chi connectivity index (χ1v) is 12.7. The van der Waals surface area contributed by atoms with Crippen molar-refractivity contribution in [2.24, 2.45) is 23.5 Å². The van der Waals surface area contributed by atoms with Crippen molar-refractivity contribution in [3.05, 3.63) is 41.3 Å². The van der Waals surface area contributed by atoms with Crippen LogP contribution in [-0.4, -0.2) is 52.0 Å². The quantitative estimate of drug-likeness (QED) is 0.576. The minimum absolute atomic E-state index is 0.0286. The number of carbonyl (C=O) groups excluding carboxylic acids is 2. The number of aromatic nitrogens is 3. The van der Waals surface area contributed by atoms with Crippen LogP contribution in [0.2, 0.25) is 0 Å². The van der Waals surface area contributed by atoms with Gasteiger partial charge >= 0.3 is 6.01 Å². The van der Waals surface area contributed by atoms with Gasteiger partial charge in [0.2, 0.25) is 0 Å². The molecule has 2 bridgehead atoms. The number of nitrogens with two attached hydrogens (primary N) is 1. The van der Waals surface area contributed by atoms with Crippen LogP contribution in [0.4, 0.5) is 5.82 Å². The molecule has 10 heteroatoms. The minimum atomic E-state index is -0.528. The Labute approximate surface area is 209 Å². The van der Waals surface area contributed by atoms with E-state index in [1.54, 1.807) is 12.1 Å². The number of amides is 2. The van der Waals surface area contributed by atoms with Crippen LogP contribution in [0.5, 0.6) is 6.01 Å². The van der Waals surface area contributed by atoms with E-state index in [0.29, 0.717) is 18.1 Å². The lowest BCUT2D eigenvalue weighted by atomic mass is 9.50. The molecule has 0 spiro atoms. The number of carbonyl (C=O) groups is 2. The molecule has 36 heavy (non-hydrogen) atoms. The number of nitrogens with zero attached hydrogens (tertiary/aromatic N) is 5. The maximum Gasteiger partial charge on any atom is 0.319 e. The van der Waals surface area contributed by atoms with E-state index in [0.717, 1.165) is 63.2 Å². The van der Waals surface area contributed by atoms with Gasteiger partial charge in [0.05, 0.1) is 18.6 Å². The van der Waals surface area contributed by atoms with Gasteiger partial charge in [-0.2, -0.15) is 15.2 Å². The number of rotatable bonds is 8. The monoisotopic (exact) mass is 487 g/mol. The SMILES string of the molecule is N#C[C@@H]1C[C@@H]1COc1nc(C(=O)NC23CC(C2)C3)cc(N2CCC(c3cccc(C(N)=O)n3)CC2)n1. The molecule has 4 saturated carbocycles. The highest BCUT2D eigenvalue weighted by Crippen LogP contribution is 2.57. The second-order valence-electron chi connectivity index (χ2n) is 10.7. The van der Waals surface area contributed by atoms with Crippen molar-refractivity contribution in [1.29, 1.82) is 5.26 Å². The Bertz CT molecular complexity index is 1230. The first-order chi connectivity index (χ1) is 17.4. The van der Waals surface area contributed by atoms with E-state index >= 15 is 0 Å². The summed E-state index contributed by atoms with van der Waals surface area (Å²) >= 11 is 0. The largest absolute Gasteiger partial charge is 0.463 e. The van der Waals surface area contributed by atoms with Gasteiger partial charge in [-0.05, 0) is 56.6 Å². The van der Waals surface area contributed by atoms with E-state index in [-0.39, 0.29) is 40.9 Å². The van der Waals surface area contributed by atoms with Crippen molar-refractivity contribution >= 4 is 17.6 Å². The maximum absolute atomic E-state index is 13.1. The third kappa shape index (κ3) is 4.34. The fourth-order valence-corrected chi connectivity index (χ4v) is 5.68. The smallest absolute Gasteiger partial charge is 0.319 e. The van der Waals surface area contributed by atoms with E-state index in [1.807, 2.05) is 12.1 Å². The van der Waals surface area contributed by atoms with Crippen LogP contribution in [0.3, 0.4) is 0 Å². The number of hydrogen-bond donors (Lipinski definition) is 2. The number of anilines is 1. The van der Waals surface area contributed by atoms with Gasteiger partial charge in [-0.1, -0.05) is 6.07 Å². The van der Waals surface area contributed by atoms with Crippen molar-refractivity contribution in [3.63, 3.8) is 0 Å². The van der Waals surface area contributed by atoms with Crippen LogP contribution >= 0.6 is 0 Å². The van der Waals surface area contributed by atoms with Gasteiger partial charge in [-0.3, -0.25) is 9.59 Å². The summed E-state index contributed by atoms with van der Waals surface area (Å²) in [6.45, 7) is 1.81. The average molecular weight is 488 g/mol. The molecule has 0 unspecified atom stereocenters. The number of piperidine rings is 1. The third-order valence-corrected chi connectivity index (χ3v) is 8.12. The number of nitriles is 1. The predicted molar refractivity (Wildman–Crippen MR) is 129 cm³/mol. The van der Waals surface area contributed by atoms with E-state index < -0.39 is 5.91 Å². The van der Waals surface area contributed by atoms with Crippen LogP contribution in [0.15, 0.2) is 24.3 Å². The summed E-state index contributed by atoms with van der Waals surface area (Å²) in [5.74, 6) is 1.14. The highest BCUT2D eigenvalue weighted by molar-refractivity contribution is 5.94. The van der Waals surface area contributed by atoms with E-state index in [9.17, 15) is 9.59 Å². The number of primary amides is 1. The molecule has 5 aliphatic rings. The minimum Gasteiger partial charge on any atom is -0.463 e. The lowest BCUT2D eigenvalue weighted by Gasteiger charge is -2.61. The van der Waals surface area contributed by atoms with Gasteiger partial charge in [-0.25, -0.2) is 4.98 Å². The summed E-state index contributed by atoms with van der Waals surface area (Å²) in [4.78, 5) is 40.2. The van der Waals surface area contributed by atoms with Gasteiger partial charge in [0, 0.05) is 42.2 Å². The summed E-state index contributed by atoms with van der Waals surface area (Å²) in [6.07, 6.45) is 5.63. The topological polar surface area (TPSA) is 147 Å². The second kappa shape index (κ2) is 8.73. The summed E-state index contributed by atoms with van der Waals surface area (Å²) < 4.78 is 5.86. The molecular formula is C26H29N7O3. The Morgan fingerprint density at radius 3 is 2.58 bits per heavy atom. The van der Waals surface area contributed by atoms with Gasteiger partial charge in [0.25, 0.3) is 11.8 Å². The highest BCUT2D eigenvalue weighted by atomic mass is 16.5. The molecule has 3 N–H and O–H groups in total. The van der Waals surface area contributed by atoms with Crippen LogP contribution in [0.1, 0.15) is 71.1 Å². The molecule has 7 rings (SSSR count).